The minimum Gasteiger partial charge on any atom is -0.480 e. The standard InChI is InChI=1S/C9H12N2O4S/c1-5-10-7(4-16-5)8(12)11-6(3-15-2)9(13)14/h4,6H,3H2,1-2H3,(H,11,12)(H,13,14). The van der Waals surface area contributed by atoms with Crippen LogP contribution in [0.3, 0.4) is 0 Å². The highest BCUT2D eigenvalue weighted by Gasteiger charge is 2.21. The first kappa shape index (κ1) is 12.6. The van der Waals surface area contributed by atoms with Gasteiger partial charge in [-0.05, 0) is 6.92 Å². The van der Waals surface area contributed by atoms with E-state index in [1.807, 2.05) is 0 Å². The van der Waals surface area contributed by atoms with Crippen LogP contribution < -0.4 is 5.32 Å². The lowest BCUT2D eigenvalue weighted by molar-refractivity contribution is -0.140. The van der Waals surface area contributed by atoms with Gasteiger partial charge in [0.15, 0.2) is 6.04 Å². The zero-order valence-electron chi connectivity index (χ0n) is 8.89. The zero-order chi connectivity index (χ0) is 12.1. The molecule has 0 bridgehead atoms. The Morgan fingerprint density at radius 3 is 2.81 bits per heavy atom. The lowest BCUT2D eigenvalue weighted by atomic mass is 10.3. The number of amides is 1. The van der Waals surface area contributed by atoms with Gasteiger partial charge in [0.05, 0.1) is 11.6 Å². The Balaban J connectivity index is 2.65. The van der Waals surface area contributed by atoms with E-state index in [1.54, 1.807) is 12.3 Å². The molecule has 1 amide bonds. The van der Waals surface area contributed by atoms with E-state index in [1.165, 1.54) is 18.4 Å². The number of rotatable bonds is 5. The SMILES string of the molecule is COCC(NC(=O)c1csc(C)n1)C(=O)O. The molecule has 0 aromatic carbocycles. The Bertz CT molecular complexity index is 391. The monoisotopic (exact) mass is 244 g/mol. The number of thiazole rings is 1. The number of aryl methyl sites for hydroxylation is 1. The van der Waals surface area contributed by atoms with E-state index < -0.39 is 17.9 Å². The van der Waals surface area contributed by atoms with Gasteiger partial charge in [0.1, 0.15) is 5.69 Å². The third-order valence-electron chi connectivity index (χ3n) is 1.79. The lowest BCUT2D eigenvalue weighted by Crippen LogP contribution is -2.43. The van der Waals surface area contributed by atoms with E-state index in [-0.39, 0.29) is 12.3 Å². The molecule has 16 heavy (non-hydrogen) atoms. The van der Waals surface area contributed by atoms with Crippen LogP contribution in [0.5, 0.6) is 0 Å². The largest absolute Gasteiger partial charge is 0.480 e. The maximum absolute atomic E-state index is 11.6. The van der Waals surface area contributed by atoms with Crippen LogP contribution in [-0.4, -0.2) is 41.7 Å². The molecule has 0 spiro atoms. The average Bonchev–Trinajstić information content (AvgIpc) is 2.64. The third-order valence-corrected chi connectivity index (χ3v) is 2.56. The second kappa shape index (κ2) is 5.57. The van der Waals surface area contributed by atoms with Gasteiger partial charge in [-0.3, -0.25) is 4.79 Å². The fourth-order valence-corrected chi connectivity index (χ4v) is 1.63. The first-order chi connectivity index (χ1) is 7.54. The summed E-state index contributed by atoms with van der Waals surface area (Å²) in [7, 11) is 1.37. The highest BCUT2D eigenvalue weighted by atomic mass is 32.1. The van der Waals surface area contributed by atoms with E-state index in [4.69, 9.17) is 9.84 Å². The Morgan fingerprint density at radius 1 is 1.69 bits per heavy atom. The minimum absolute atomic E-state index is 0.0792. The molecule has 0 aliphatic rings. The number of methoxy groups -OCH3 is 1. The first-order valence-corrected chi connectivity index (χ1v) is 5.37. The van der Waals surface area contributed by atoms with E-state index >= 15 is 0 Å². The second-order valence-corrected chi connectivity index (χ2v) is 4.13. The van der Waals surface area contributed by atoms with Crippen molar-refractivity contribution in [2.45, 2.75) is 13.0 Å². The molecule has 0 saturated carbocycles. The van der Waals surface area contributed by atoms with Crippen molar-refractivity contribution < 1.29 is 19.4 Å². The fourth-order valence-electron chi connectivity index (χ4n) is 1.04. The molecule has 7 heteroatoms. The molecule has 1 heterocycles. The van der Waals surface area contributed by atoms with Gasteiger partial charge in [-0.25, -0.2) is 9.78 Å². The van der Waals surface area contributed by atoms with Crippen molar-refractivity contribution in [1.82, 2.24) is 10.3 Å². The summed E-state index contributed by atoms with van der Waals surface area (Å²) in [6.45, 7) is 1.69. The van der Waals surface area contributed by atoms with Crippen LogP contribution in [0, 0.1) is 6.92 Å². The van der Waals surface area contributed by atoms with Crippen LogP contribution in [0.25, 0.3) is 0 Å². The molecular formula is C9H12N2O4S. The molecular weight excluding hydrogens is 232 g/mol. The number of carboxylic acids is 1. The van der Waals surface area contributed by atoms with Crippen LogP contribution in [0.15, 0.2) is 5.38 Å². The predicted octanol–water partition coefficient (Wildman–Crippen LogP) is 0.281. The number of nitrogens with zero attached hydrogens (tertiary/aromatic N) is 1. The van der Waals surface area contributed by atoms with Gasteiger partial charge >= 0.3 is 5.97 Å². The number of ether oxygens (including phenoxy) is 1. The second-order valence-electron chi connectivity index (χ2n) is 3.07. The average molecular weight is 244 g/mol. The molecule has 0 aliphatic carbocycles. The van der Waals surface area contributed by atoms with Gasteiger partial charge in [0.2, 0.25) is 0 Å². The third kappa shape index (κ3) is 3.28. The normalized spacial score (nSPS) is 12.1. The highest BCUT2D eigenvalue weighted by Crippen LogP contribution is 2.07. The number of carboxylic acid groups (broad SMARTS) is 1. The summed E-state index contributed by atoms with van der Waals surface area (Å²) >= 11 is 1.33. The molecule has 0 fully saturated rings. The van der Waals surface area contributed by atoms with Gasteiger partial charge < -0.3 is 15.2 Å². The lowest BCUT2D eigenvalue weighted by Gasteiger charge is -2.12. The van der Waals surface area contributed by atoms with Crippen molar-refractivity contribution in [3.8, 4) is 0 Å². The molecule has 6 nitrogen and oxygen atoms in total. The van der Waals surface area contributed by atoms with Crippen molar-refractivity contribution in [2.24, 2.45) is 0 Å². The van der Waals surface area contributed by atoms with Crippen molar-refractivity contribution in [2.75, 3.05) is 13.7 Å². The molecule has 1 aromatic rings. The molecule has 0 radical (unpaired) electrons. The zero-order valence-corrected chi connectivity index (χ0v) is 9.71. The topological polar surface area (TPSA) is 88.5 Å². The van der Waals surface area contributed by atoms with Gasteiger partial charge in [0.25, 0.3) is 5.91 Å². The van der Waals surface area contributed by atoms with Gasteiger partial charge in [-0.1, -0.05) is 0 Å². The van der Waals surface area contributed by atoms with Crippen molar-refractivity contribution in [3.05, 3.63) is 16.1 Å². The highest BCUT2D eigenvalue weighted by molar-refractivity contribution is 7.09. The number of aromatic nitrogens is 1. The summed E-state index contributed by atoms with van der Waals surface area (Å²) in [5.74, 6) is -1.64. The van der Waals surface area contributed by atoms with Gasteiger partial charge in [-0.2, -0.15) is 0 Å². The summed E-state index contributed by atoms with van der Waals surface area (Å²) < 4.78 is 4.69. The molecule has 2 N–H and O–H groups in total. The van der Waals surface area contributed by atoms with E-state index in [0.717, 1.165) is 5.01 Å². The number of carbonyl (C=O) groups is 2. The van der Waals surface area contributed by atoms with Gasteiger partial charge in [0, 0.05) is 12.5 Å². The number of carbonyl (C=O) groups excluding carboxylic acids is 1. The maximum Gasteiger partial charge on any atom is 0.328 e. The molecule has 0 aliphatic heterocycles. The maximum atomic E-state index is 11.6. The van der Waals surface area contributed by atoms with E-state index in [9.17, 15) is 9.59 Å². The fraction of sp³-hybridized carbons (Fsp3) is 0.444. The van der Waals surface area contributed by atoms with Crippen LogP contribution in [0.1, 0.15) is 15.5 Å². The van der Waals surface area contributed by atoms with Crippen LogP contribution >= 0.6 is 11.3 Å². The number of hydrogen-bond acceptors (Lipinski definition) is 5. The van der Waals surface area contributed by atoms with E-state index in [0.29, 0.717) is 0 Å². The number of hydrogen-bond donors (Lipinski definition) is 2. The Kier molecular flexibility index (Phi) is 4.39. The van der Waals surface area contributed by atoms with Crippen molar-refractivity contribution in [1.29, 1.82) is 0 Å². The molecule has 1 unspecified atom stereocenters. The smallest absolute Gasteiger partial charge is 0.328 e. The van der Waals surface area contributed by atoms with Crippen LogP contribution in [0.4, 0.5) is 0 Å². The Hall–Kier alpha value is -1.47. The number of aliphatic carboxylic acids is 1. The van der Waals surface area contributed by atoms with Crippen LogP contribution in [0.2, 0.25) is 0 Å². The summed E-state index contributed by atoms with van der Waals surface area (Å²) in [4.78, 5) is 26.3. The van der Waals surface area contributed by atoms with Crippen LogP contribution in [-0.2, 0) is 9.53 Å². The summed E-state index contributed by atoms with van der Waals surface area (Å²) in [5, 5.41) is 13.5. The van der Waals surface area contributed by atoms with E-state index in [2.05, 4.69) is 10.3 Å². The molecule has 0 saturated heterocycles. The molecule has 88 valence electrons. The summed E-state index contributed by atoms with van der Waals surface area (Å²) in [6, 6.07) is -1.06. The minimum atomic E-state index is -1.14. The van der Waals surface area contributed by atoms with Gasteiger partial charge in [-0.15, -0.1) is 11.3 Å². The summed E-state index contributed by atoms with van der Waals surface area (Å²) in [6.07, 6.45) is 0. The number of nitrogens with one attached hydrogen (secondary N) is 1. The molecule has 1 rings (SSSR count). The predicted molar refractivity (Wildman–Crippen MR) is 57.6 cm³/mol. The molecule has 1 atom stereocenters. The Morgan fingerprint density at radius 2 is 2.38 bits per heavy atom. The Labute approximate surface area is 96.3 Å². The summed E-state index contributed by atoms with van der Waals surface area (Å²) in [5.41, 5.74) is 0.227. The molecule has 1 aromatic heterocycles. The van der Waals surface area contributed by atoms with Crippen molar-refractivity contribution in [3.63, 3.8) is 0 Å². The van der Waals surface area contributed by atoms with Crippen molar-refractivity contribution >= 4 is 23.2 Å². The first-order valence-electron chi connectivity index (χ1n) is 4.49. The quantitative estimate of drug-likeness (QED) is 0.776.